The fourth-order valence-electron chi connectivity index (χ4n) is 0.978. The van der Waals surface area contributed by atoms with Crippen molar-refractivity contribution in [3.05, 3.63) is 18.3 Å². The van der Waals surface area contributed by atoms with Crippen LogP contribution in [0.3, 0.4) is 0 Å². The number of nitrogens with zero attached hydrogens (tertiary/aromatic N) is 1. The number of anilines is 1. The molecule has 0 saturated carbocycles. The number of carbonyl (C=O) groups excluding carboxylic acids is 1. The summed E-state index contributed by atoms with van der Waals surface area (Å²) in [5, 5.41) is 3.02. The molecule has 1 aromatic heterocycles. The second kappa shape index (κ2) is 5.69. The zero-order chi connectivity index (χ0) is 11.1. The van der Waals surface area contributed by atoms with Gasteiger partial charge in [0.1, 0.15) is 6.61 Å². The van der Waals surface area contributed by atoms with Gasteiger partial charge in [0.25, 0.3) is 0 Å². The Kier molecular flexibility index (Phi) is 4.21. The number of hydrogen-bond donors (Lipinski definition) is 2. The van der Waals surface area contributed by atoms with Gasteiger partial charge in [0.2, 0.25) is 5.88 Å². The highest BCUT2D eigenvalue weighted by molar-refractivity contribution is 5.64. The summed E-state index contributed by atoms with van der Waals surface area (Å²) in [6, 6.07) is 3.52. The maximum atomic E-state index is 10.3. The molecule has 1 aromatic rings. The molecule has 0 aromatic carbocycles. The lowest BCUT2D eigenvalue weighted by atomic mass is 10.4. The summed E-state index contributed by atoms with van der Waals surface area (Å²) in [5.74, 6) is 0.524. The monoisotopic (exact) mass is 211 g/mol. The van der Waals surface area contributed by atoms with Crippen molar-refractivity contribution in [3.63, 3.8) is 0 Å². The number of hydrogen-bond acceptors (Lipinski definition) is 5. The molecular weight excluding hydrogens is 198 g/mol. The maximum Gasteiger partial charge on any atom is 0.404 e. The van der Waals surface area contributed by atoms with Crippen LogP contribution < -0.4 is 15.8 Å². The topological polar surface area (TPSA) is 86.5 Å². The SMILES string of the molecule is COc1cc(NCCOC(N)=O)ccn1. The highest BCUT2D eigenvalue weighted by Crippen LogP contribution is 2.12. The predicted octanol–water partition coefficient (Wildman–Crippen LogP) is 0.597. The highest BCUT2D eigenvalue weighted by Gasteiger charge is 1.96. The number of aromatic nitrogens is 1. The van der Waals surface area contributed by atoms with Gasteiger partial charge in [-0.3, -0.25) is 0 Å². The second-order valence-electron chi connectivity index (χ2n) is 2.68. The van der Waals surface area contributed by atoms with E-state index in [1.54, 1.807) is 25.4 Å². The second-order valence-corrected chi connectivity index (χ2v) is 2.68. The molecule has 0 bridgehead atoms. The molecule has 6 nitrogen and oxygen atoms in total. The van der Waals surface area contributed by atoms with E-state index in [0.29, 0.717) is 12.4 Å². The van der Waals surface area contributed by atoms with Gasteiger partial charge in [0, 0.05) is 24.5 Å². The molecule has 0 radical (unpaired) electrons. The summed E-state index contributed by atoms with van der Waals surface area (Å²) >= 11 is 0. The first-order valence-electron chi connectivity index (χ1n) is 4.38. The van der Waals surface area contributed by atoms with Crippen LogP contribution in [0.4, 0.5) is 10.5 Å². The predicted molar refractivity (Wildman–Crippen MR) is 54.8 cm³/mol. The van der Waals surface area contributed by atoms with Crippen LogP contribution in [0.15, 0.2) is 18.3 Å². The number of nitrogens with one attached hydrogen (secondary N) is 1. The number of carbonyl (C=O) groups is 1. The van der Waals surface area contributed by atoms with Crippen LogP contribution in [0.2, 0.25) is 0 Å². The van der Waals surface area contributed by atoms with Gasteiger partial charge in [0.05, 0.1) is 7.11 Å². The molecule has 0 aliphatic heterocycles. The molecule has 0 unspecified atom stereocenters. The van der Waals surface area contributed by atoms with Gasteiger partial charge in [-0.05, 0) is 6.07 Å². The normalized spacial score (nSPS) is 9.40. The third-order valence-electron chi connectivity index (χ3n) is 1.62. The van der Waals surface area contributed by atoms with Crippen LogP contribution in [-0.4, -0.2) is 31.3 Å². The molecule has 82 valence electrons. The van der Waals surface area contributed by atoms with E-state index >= 15 is 0 Å². The van der Waals surface area contributed by atoms with Crippen molar-refractivity contribution in [3.8, 4) is 5.88 Å². The zero-order valence-corrected chi connectivity index (χ0v) is 8.40. The number of pyridine rings is 1. The average Bonchev–Trinajstić information content (AvgIpc) is 2.24. The molecule has 0 spiro atoms. The molecule has 1 amide bonds. The zero-order valence-electron chi connectivity index (χ0n) is 8.40. The van der Waals surface area contributed by atoms with Crippen LogP contribution in [0, 0.1) is 0 Å². The van der Waals surface area contributed by atoms with E-state index in [0.717, 1.165) is 5.69 Å². The van der Waals surface area contributed by atoms with E-state index in [4.69, 9.17) is 10.5 Å². The molecule has 3 N–H and O–H groups in total. The Labute approximate surface area is 87.4 Å². The number of rotatable bonds is 5. The third-order valence-corrected chi connectivity index (χ3v) is 1.62. The standard InChI is InChI=1S/C9H13N3O3/c1-14-8-6-7(2-3-12-8)11-4-5-15-9(10)13/h2-3,6H,4-5H2,1H3,(H2,10,13)(H,11,12). The summed E-state index contributed by atoms with van der Waals surface area (Å²) in [6.45, 7) is 0.704. The van der Waals surface area contributed by atoms with Crippen LogP contribution in [0.25, 0.3) is 0 Å². The summed E-state index contributed by atoms with van der Waals surface area (Å²) in [7, 11) is 1.54. The van der Waals surface area contributed by atoms with Crippen molar-refractivity contribution in [1.82, 2.24) is 4.98 Å². The summed E-state index contributed by atoms with van der Waals surface area (Å²) in [5.41, 5.74) is 5.64. The first kappa shape index (κ1) is 11.1. The fourth-order valence-corrected chi connectivity index (χ4v) is 0.978. The fraction of sp³-hybridized carbons (Fsp3) is 0.333. The molecule has 1 heterocycles. The van der Waals surface area contributed by atoms with Gasteiger partial charge in [-0.1, -0.05) is 0 Å². The Bertz CT molecular complexity index is 330. The van der Waals surface area contributed by atoms with Crippen molar-refractivity contribution >= 4 is 11.8 Å². The van der Waals surface area contributed by atoms with Gasteiger partial charge in [-0.25, -0.2) is 9.78 Å². The number of methoxy groups -OCH3 is 1. The number of ether oxygens (including phenoxy) is 2. The van der Waals surface area contributed by atoms with E-state index in [2.05, 4.69) is 15.0 Å². The molecule has 0 aliphatic carbocycles. The number of primary amides is 1. The quantitative estimate of drug-likeness (QED) is 0.696. The van der Waals surface area contributed by atoms with Gasteiger partial charge < -0.3 is 20.5 Å². The van der Waals surface area contributed by atoms with Crippen LogP contribution in [0.1, 0.15) is 0 Å². The minimum absolute atomic E-state index is 0.222. The molecule has 0 fully saturated rings. The summed E-state index contributed by atoms with van der Waals surface area (Å²) in [4.78, 5) is 14.2. The molecular formula is C9H13N3O3. The van der Waals surface area contributed by atoms with Crippen LogP contribution in [0.5, 0.6) is 5.88 Å². The van der Waals surface area contributed by atoms with E-state index < -0.39 is 6.09 Å². The Balaban J connectivity index is 2.33. The molecule has 6 heteroatoms. The number of nitrogens with two attached hydrogens (primary N) is 1. The average molecular weight is 211 g/mol. The van der Waals surface area contributed by atoms with Crippen LogP contribution in [-0.2, 0) is 4.74 Å². The van der Waals surface area contributed by atoms with E-state index in [1.165, 1.54) is 0 Å². The van der Waals surface area contributed by atoms with Crippen molar-refractivity contribution < 1.29 is 14.3 Å². The minimum atomic E-state index is -0.774. The molecule has 0 aliphatic rings. The van der Waals surface area contributed by atoms with Gasteiger partial charge >= 0.3 is 6.09 Å². The Morgan fingerprint density at radius 1 is 1.67 bits per heavy atom. The van der Waals surface area contributed by atoms with E-state index in [9.17, 15) is 4.79 Å². The first-order chi connectivity index (χ1) is 7.22. The highest BCUT2D eigenvalue weighted by atomic mass is 16.5. The van der Waals surface area contributed by atoms with Gasteiger partial charge in [-0.15, -0.1) is 0 Å². The van der Waals surface area contributed by atoms with Crippen molar-refractivity contribution in [1.29, 1.82) is 0 Å². The van der Waals surface area contributed by atoms with Gasteiger partial charge in [-0.2, -0.15) is 0 Å². The maximum absolute atomic E-state index is 10.3. The van der Waals surface area contributed by atoms with E-state index in [1.807, 2.05) is 0 Å². The Hall–Kier alpha value is -1.98. The molecule has 0 atom stereocenters. The van der Waals surface area contributed by atoms with Crippen molar-refractivity contribution in [2.24, 2.45) is 5.73 Å². The van der Waals surface area contributed by atoms with Gasteiger partial charge in [0.15, 0.2) is 0 Å². The molecule has 0 saturated heterocycles. The number of amides is 1. The Morgan fingerprint density at radius 3 is 3.13 bits per heavy atom. The molecule has 1 rings (SSSR count). The van der Waals surface area contributed by atoms with Crippen LogP contribution >= 0.6 is 0 Å². The van der Waals surface area contributed by atoms with Crippen molar-refractivity contribution in [2.45, 2.75) is 0 Å². The smallest absolute Gasteiger partial charge is 0.404 e. The lowest BCUT2D eigenvalue weighted by Gasteiger charge is -2.06. The minimum Gasteiger partial charge on any atom is -0.481 e. The Morgan fingerprint density at radius 2 is 2.47 bits per heavy atom. The summed E-state index contributed by atoms with van der Waals surface area (Å²) in [6.07, 6.45) is 0.847. The largest absolute Gasteiger partial charge is 0.481 e. The van der Waals surface area contributed by atoms with Crippen molar-refractivity contribution in [2.75, 3.05) is 25.6 Å². The lowest BCUT2D eigenvalue weighted by molar-refractivity contribution is 0.161. The first-order valence-corrected chi connectivity index (χ1v) is 4.38. The summed E-state index contributed by atoms with van der Waals surface area (Å²) < 4.78 is 9.49. The lowest BCUT2D eigenvalue weighted by Crippen LogP contribution is -2.18. The van der Waals surface area contributed by atoms with E-state index in [-0.39, 0.29) is 6.61 Å². The third kappa shape index (κ3) is 4.17. The molecule has 15 heavy (non-hydrogen) atoms.